The number of nitrogens with two attached hydrogens (primary N) is 1. The molecule has 0 spiro atoms. The maximum Gasteiger partial charge on any atom is 0.248 e. The van der Waals surface area contributed by atoms with E-state index in [2.05, 4.69) is 15.4 Å². The SMILES string of the molecule is NC(=O)c1ccc2cc3nnnc-3c3ccccc3c2c1. The number of hydrogen-bond acceptors (Lipinski definition) is 4. The van der Waals surface area contributed by atoms with Crippen molar-refractivity contribution < 1.29 is 4.79 Å². The first-order valence-corrected chi connectivity index (χ1v) is 6.48. The highest BCUT2D eigenvalue weighted by Crippen LogP contribution is 2.32. The van der Waals surface area contributed by atoms with Crippen LogP contribution in [0.25, 0.3) is 32.9 Å². The molecule has 0 unspecified atom stereocenters. The third-order valence-electron chi connectivity index (χ3n) is 3.64. The first-order valence-electron chi connectivity index (χ1n) is 6.48. The van der Waals surface area contributed by atoms with Gasteiger partial charge in [0.05, 0.1) is 0 Å². The van der Waals surface area contributed by atoms with Crippen LogP contribution in [0.5, 0.6) is 0 Å². The van der Waals surface area contributed by atoms with Gasteiger partial charge in [0.1, 0.15) is 11.4 Å². The van der Waals surface area contributed by atoms with E-state index in [1.165, 1.54) is 0 Å². The van der Waals surface area contributed by atoms with Gasteiger partial charge >= 0.3 is 0 Å². The van der Waals surface area contributed by atoms with Crippen molar-refractivity contribution in [2.75, 3.05) is 0 Å². The van der Waals surface area contributed by atoms with Crippen molar-refractivity contribution in [2.24, 2.45) is 5.73 Å². The third kappa shape index (κ3) is 1.71. The van der Waals surface area contributed by atoms with Gasteiger partial charge in [-0.15, -0.1) is 10.2 Å². The van der Waals surface area contributed by atoms with E-state index in [-0.39, 0.29) is 0 Å². The Hall–Kier alpha value is -3.08. The summed E-state index contributed by atoms with van der Waals surface area (Å²) in [5, 5.41) is 15.8. The molecular formula is C16H10N4O. The van der Waals surface area contributed by atoms with Crippen LogP contribution in [0.4, 0.5) is 0 Å². The molecule has 1 heterocycles. The van der Waals surface area contributed by atoms with E-state index < -0.39 is 5.91 Å². The molecule has 2 aromatic carbocycles. The molecule has 0 bridgehead atoms. The van der Waals surface area contributed by atoms with Crippen LogP contribution < -0.4 is 5.73 Å². The number of fused-ring (bicyclic) bond motifs is 5. The van der Waals surface area contributed by atoms with Crippen molar-refractivity contribution in [1.29, 1.82) is 0 Å². The zero-order chi connectivity index (χ0) is 14.4. The minimum atomic E-state index is -0.440. The number of nitrogens with zero attached hydrogens (tertiary/aromatic N) is 3. The predicted octanol–water partition coefficient (Wildman–Crippen LogP) is 2.38. The summed E-state index contributed by atoms with van der Waals surface area (Å²) in [6.07, 6.45) is 0. The summed E-state index contributed by atoms with van der Waals surface area (Å²) < 4.78 is 0. The van der Waals surface area contributed by atoms with Crippen LogP contribution in [-0.2, 0) is 0 Å². The van der Waals surface area contributed by atoms with Gasteiger partial charge in [-0.1, -0.05) is 30.3 Å². The minimum Gasteiger partial charge on any atom is -0.366 e. The van der Waals surface area contributed by atoms with Crippen molar-refractivity contribution in [3.05, 3.63) is 54.1 Å². The number of hydrogen-bond donors (Lipinski definition) is 1. The number of carbonyl (C=O) groups is 1. The Morgan fingerprint density at radius 2 is 1.71 bits per heavy atom. The van der Waals surface area contributed by atoms with E-state index in [4.69, 9.17) is 5.73 Å². The van der Waals surface area contributed by atoms with Crippen molar-refractivity contribution >= 4 is 27.5 Å². The lowest BCUT2D eigenvalue weighted by atomic mass is 10.0. The van der Waals surface area contributed by atoms with E-state index in [1.807, 2.05) is 42.5 Å². The smallest absolute Gasteiger partial charge is 0.248 e. The average molecular weight is 274 g/mol. The Bertz CT molecular complexity index is 980. The van der Waals surface area contributed by atoms with Gasteiger partial charge in [-0.25, -0.2) is 0 Å². The van der Waals surface area contributed by atoms with E-state index >= 15 is 0 Å². The molecule has 0 aromatic heterocycles. The highest BCUT2D eigenvalue weighted by atomic mass is 16.1. The lowest BCUT2D eigenvalue weighted by Crippen LogP contribution is -2.10. The lowest BCUT2D eigenvalue weighted by molar-refractivity contribution is 0.100. The molecule has 21 heavy (non-hydrogen) atoms. The number of primary amides is 1. The summed E-state index contributed by atoms with van der Waals surface area (Å²) >= 11 is 0. The van der Waals surface area contributed by atoms with Gasteiger partial charge in [-0.3, -0.25) is 4.79 Å². The van der Waals surface area contributed by atoms with Crippen molar-refractivity contribution in [1.82, 2.24) is 15.4 Å². The molecule has 0 saturated heterocycles. The Morgan fingerprint density at radius 3 is 2.52 bits per heavy atom. The number of amides is 1. The highest BCUT2D eigenvalue weighted by molar-refractivity contribution is 6.12. The molecule has 0 atom stereocenters. The number of carbonyl (C=O) groups excluding carboxylic acids is 1. The molecule has 1 aliphatic carbocycles. The number of aromatic nitrogens is 3. The highest BCUT2D eigenvalue weighted by Gasteiger charge is 2.13. The molecule has 2 aromatic rings. The van der Waals surface area contributed by atoms with Gasteiger partial charge in [0.15, 0.2) is 0 Å². The van der Waals surface area contributed by atoms with Crippen LogP contribution in [0.15, 0.2) is 48.5 Å². The fraction of sp³-hybridized carbons (Fsp3) is 0. The molecule has 5 heteroatoms. The first kappa shape index (κ1) is 11.7. The van der Waals surface area contributed by atoms with Crippen LogP contribution in [0, 0.1) is 0 Å². The molecule has 0 saturated carbocycles. The summed E-state index contributed by atoms with van der Waals surface area (Å²) in [6, 6.07) is 15.2. The molecule has 0 radical (unpaired) electrons. The molecule has 4 rings (SSSR count). The Morgan fingerprint density at radius 1 is 0.905 bits per heavy atom. The molecule has 0 fully saturated rings. The van der Waals surface area contributed by atoms with Gasteiger partial charge < -0.3 is 5.73 Å². The first-order chi connectivity index (χ1) is 10.2. The van der Waals surface area contributed by atoms with E-state index in [0.717, 1.165) is 32.9 Å². The van der Waals surface area contributed by atoms with Crippen LogP contribution >= 0.6 is 0 Å². The molecule has 1 aliphatic heterocycles. The normalized spacial score (nSPS) is 11.2. The fourth-order valence-electron chi connectivity index (χ4n) is 2.64. The molecule has 1 amide bonds. The van der Waals surface area contributed by atoms with Gasteiger partial charge in [-0.05, 0) is 39.6 Å². The summed E-state index contributed by atoms with van der Waals surface area (Å²) in [6.45, 7) is 0. The molecular weight excluding hydrogens is 264 g/mol. The van der Waals surface area contributed by atoms with Crippen molar-refractivity contribution in [3.8, 4) is 11.4 Å². The van der Waals surface area contributed by atoms with Crippen molar-refractivity contribution in [3.63, 3.8) is 0 Å². The van der Waals surface area contributed by atoms with Crippen LogP contribution in [0.1, 0.15) is 10.4 Å². The predicted molar refractivity (Wildman–Crippen MR) is 80.0 cm³/mol. The Balaban J connectivity index is 2.28. The van der Waals surface area contributed by atoms with Gasteiger partial charge in [0.2, 0.25) is 5.91 Å². The fourth-order valence-corrected chi connectivity index (χ4v) is 2.64. The Labute approximate surface area is 119 Å². The van der Waals surface area contributed by atoms with Gasteiger partial charge in [0.25, 0.3) is 0 Å². The Kier molecular flexibility index (Phi) is 2.35. The second kappa shape index (κ2) is 4.21. The summed E-state index contributed by atoms with van der Waals surface area (Å²) in [5.41, 5.74) is 7.35. The maximum atomic E-state index is 11.4. The largest absolute Gasteiger partial charge is 0.366 e. The van der Waals surface area contributed by atoms with Crippen molar-refractivity contribution in [2.45, 2.75) is 0 Å². The third-order valence-corrected chi connectivity index (χ3v) is 3.64. The van der Waals surface area contributed by atoms with Gasteiger partial charge in [0, 0.05) is 10.9 Å². The van der Waals surface area contributed by atoms with Crippen LogP contribution in [0.3, 0.4) is 0 Å². The van der Waals surface area contributed by atoms with E-state index in [0.29, 0.717) is 5.56 Å². The molecule has 2 aliphatic rings. The lowest BCUT2D eigenvalue weighted by Gasteiger charge is -2.00. The average Bonchev–Trinajstić information content (AvgIpc) is 2.91. The summed E-state index contributed by atoms with van der Waals surface area (Å²) in [4.78, 5) is 11.4. The molecule has 2 N–H and O–H groups in total. The quantitative estimate of drug-likeness (QED) is 0.577. The maximum absolute atomic E-state index is 11.4. The second-order valence-corrected chi connectivity index (χ2v) is 4.88. The summed E-state index contributed by atoms with van der Waals surface area (Å²) in [5.74, 6) is -0.440. The number of benzene rings is 2. The summed E-state index contributed by atoms with van der Waals surface area (Å²) in [7, 11) is 0. The zero-order valence-electron chi connectivity index (χ0n) is 10.9. The van der Waals surface area contributed by atoms with Gasteiger partial charge in [-0.2, -0.15) is 0 Å². The monoisotopic (exact) mass is 274 g/mol. The number of rotatable bonds is 1. The zero-order valence-corrected chi connectivity index (χ0v) is 10.9. The standard InChI is InChI=1S/C16H10N4O/c17-16(21)10-6-5-9-8-14-15(19-20-18-14)12-4-2-1-3-11(12)13(9)7-10/h1-8H,(H2,17,21). The second-order valence-electron chi connectivity index (χ2n) is 4.88. The van der Waals surface area contributed by atoms with Crippen LogP contribution in [-0.4, -0.2) is 21.3 Å². The topological polar surface area (TPSA) is 81.8 Å². The van der Waals surface area contributed by atoms with E-state index in [1.54, 1.807) is 6.07 Å². The molecule has 5 nitrogen and oxygen atoms in total. The minimum absolute atomic E-state index is 0.440. The molecule has 100 valence electrons. The van der Waals surface area contributed by atoms with Crippen LogP contribution in [0.2, 0.25) is 0 Å². The van der Waals surface area contributed by atoms with E-state index in [9.17, 15) is 4.79 Å².